The predicted molar refractivity (Wildman–Crippen MR) is 63.4 cm³/mol. The summed E-state index contributed by atoms with van der Waals surface area (Å²) < 4.78 is 0.944. The Labute approximate surface area is 101 Å². The van der Waals surface area contributed by atoms with Crippen LogP contribution in [0.3, 0.4) is 0 Å². The van der Waals surface area contributed by atoms with Crippen molar-refractivity contribution < 1.29 is 4.79 Å². The third kappa shape index (κ3) is 1.24. The van der Waals surface area contributed by atoms with Gasteiger partial charge in [-0.3, -0.25) is 0 Å². The first-order valence-corrected chi connectivity index (χ1v) is 5.73. The molecule has 1 atom stereocenters. The van der Waals surface area contributed by atoms with Gasteiger partial charge < -0.3 is 0 Å². The van der Waals surface area contributed by atoms with Gasteiger partial charge in [0.2, 0.25) is 0 Å². The Morgan fingerprint density at radius 2 is 2.19 bits per heavy atom. The standard InChI is InChI=1S/C11H8BrN3O/c1-6-4-10-13-14-11(16)15(10)9-5-7(12)2-3-8(6)9/h2-6H,1H3. The number of amides is 2. The summed E-state index contributed by atoms with van der Waals surface area (Å²) in [5.74, 6) is 0.877. The normalized spacial score (nSPS) is 21.9. The average Bonchev–Trinajstić information content (AvgIpc) is 2.60. The molecule has 0 aromatic heterocycles. The van der Waals surface area contributed by atoms with Gasteiger partial charge >= 0.3 is 6.03 Å². The molecule has 0 saturated heterocycles. The Balaban J connectivity index is 2.23. The molecular formula is C11H8BrN3O. The van der Waals surface area contributed by atoms with Gasteiger partial charge in [0.25, 0.3) is 0 Å². The largest absolute Gasteiger partial charge is 0.372 e. The van der Waals surface area contributed by atoms with Crippen molar-refractivity contribution in [1.29, 1.82) is 0 Å². The number of rotatable bonds is 0. The minimum atomic E-state index is -0.322. The summed E-state index contributed by atoms with van der Waals surface area (Å²) >= 11 is 3.41. The number of carbonyl (C=O) groups excluding carboxylic acids is 1. The summed E-state index contributed by atoms with van der Waals surface area (Å²) in [6, 6.07) is 5.59. The first kappa shape index (κ1) is 9.72. The number of halogens is 1. The van der Waals surface area contributed by atoms with E-state index >= 15 is 0 Å². The number of hydrogen-bond acceptors (Lipinski definition) is 2. The number of carbonyl (C=O) groups is 1. The van der Waals surface area contributed by atoms with E-state index in [9.17, 15) is 4.79 Å². The highest BCUT2D eigenvalue weighted by Crippen LogP contribution is 2.40. The zero-order valence-corrected chi connectivity index (χ0v) is 10.1. The maximum absolute atomic E-state index is 11.6. The molecule has 80 valence electrons. The lowest BCUT2D eigenvalue weighted by Crippen LogP contribution is -2.26. The van der Waals surface area contributed by atoms with Crippen LogP contribution < -0.4 is 4.90 Å². The molecule has 0 saturated carbocycles. The van der Waals surface area contributed by atoms with Crippen molar-refractivity contribution in [3.05, 3.63) is 40.1 Å². The van der Waals surface area contributed by atoms with Gasteiger partial charge in [-0.05, 0) is 23.8 Å². The van der Waals surface area contributed by atoms with Crippen molar-refractivity contribution in [2.24, 2.45) is 10.2 Å². The van der Waals surface area contributed by atoms with Crippen molar-refractivity contribution in [1.82, 2.24) is 0 Å². The number of nitrogens with zero attached hydrogens (tertiary/aromatic N) is 3. The van der Waals surface area contributed by atoms with Crippen LogP contribution in [-0.2, 0) is 0 Å². The monoisotopic (exact) mass is 277 g/mol. The fourth-order valence-electron chi connectivity index (χ4n) is 2.02. The highest BCUT2D eigenvalue weighted by molar-refractivity contribution is 9.10. The fourth-order valence-corrected chi connectivity index (χ4v) is 2.37. The van der Waals surface area contributed by atoms with E-state index in [0.29, 0.717) is 5.82 Å². The molecule has 1 aromatic carbocycles. The number of urea groups is 1. The van der Waals surface area contributed by atoms with Gasteiger partial charge in [0.15, 0.2) is 5.82 Å². The molecule has 5 heteroatoms. The highest BCUT2D eigenvalue weighted by Gasteiger charge is 2.32. The second-order valence-corrected chi connectivity index (χ2v) is 4.75. The lowest BCUT2D eigenvalue weighted by molar-refractivity contribution is 0.256. The molecule has 3 rings (SSSR count). The van der Waals surface area contributed by atoms with Gasteiger partial charge in [0.05, 0.1) is 5.69 Å². The molecule has 2 heterocycles. The summed E-state index contributed by atoms with van der Waals surface area (Å²) in [4.78, 5) is 13.1. The van der Waals surface area contributed by atoms with Crippen LogP contribution in [-0.4, -0.2) is 6.03 Å². The Morgan fingerprint density at radius 1 is 1.38 bits per heavy atom. The number of hydrogen-bond donors (Lipinski definition) is 0. The first-order valence-electron chi connectivity index (χ1n) is 4.94. The van der Waals surface area contributed by atoms with Crippen LogP contribution in [0.5, 0.6) is 0 Å². The van der Waals surface area contributed by atoms with Crippen LogP contribution in [0.4, 0.5) is 10.5 Å². The van der Waals surface area contributed by atoms with Crippen LogP contribution in [0, 0.1) is 0 Å². The van der Waals surface area contributed by atoms with E-state index in [1.54, 1.807) is 4.90 Å². The molecule has 1 aromatic rings. The predicted octanol–water partition coefficient (Wildman–Crippen LogP) is 3.80. The second kappa shape index (κ2) is 3.25. The zero-order chi connectivity index (χ0) is 11.3. The van der Waals surface area contributed by atoms with E-state index in [2.05, 4.69) is 33.1 Å². The van der Waals surface area contributed by atoms with E-state index < -0.39 is 0 Å². The molecule has 0 aliphatic carbocycles. The van der Waals surface area contributed by atoms with E-state index in [-0.39, 0.29) is 11.9 Å². The molecular weight excluding hydrogens is 270 g/mol. The fraction of sp³-hybridized carbons (Fsp3) is 0.182. The van der Waals surface area contributed by atoms with Gasteiger partial charge in [0, 0.05) is 10.4 Å². The Morgan fingerprint density at radius 3 is 3.00 bits per heavy atom. The second-order valence-electron chi connectivity index (χ2n) is 3.83. The highest BCUT2D eigenvalue weighted by atomic mass is 79.9. The summed E-state index contributed by atoms with van der Waals surface area (Å²) in [6.07, 6.45) is 1.95. The number of anilines is 1. The molecule has 0 bridgehead atoms. The van der Waals surface area contributed by atoms with Gasteiger partial charge in [-0.2, -0.15) is 0 Å². The third-order valence-corrected chi connectivity index (χ3v) is 3.27. The van der Waals surface area contributed by atoms with Crippen molar-refractivity contribution in [3.8, 4) is 0 Å². The molecule has 0 fully saturated rings. The van der Waals surface area contributed by atoms with E-state index in [4.69, 9.17) is 0 Å². The summed E-state index contributed by atoms with van der Waals surface area (Å²) in [6.45, 7) is 2.08. The van der Waals surface area contributed by atoms with E-state index in [0.717, 1.165) is 15.7 Å². The van der Waals surface area contributed by atoms with Crippen molar-refractivity contribution in [2.75, 3.05) is 4.90 Å². The lowest BCUT2D eigenvalue weighted by atomic mass is 9.95. The quantitative estimate of drug-likeness (QED) is 0.711. The number of fused-ring (bicyclic) bond motifs is 3. The Kier molecular flexibility index (Phi) is 1.97. The Hall–Kier alpha value is -1.49. The minimum absolute atomic E-state index is 0.249. The molecule has 2 aliphatic rings. The molecule has 2 amide bonds. The van der Waals surface area contributed by atoms with Gasteiger partial charge in [-0.15, -0.1) is 5.11 Å². The number of azo groups is 1. The van der Waals surface area contributed by atoms with Crippen LogP contribution in [0.1, 0.15) is 18.4 Å². The van der Waals surface area contributed by atoms with E-state index in [1.807, 2.05) is 24.3 Å². The average molecular weight is 278 g/mol. The van der Waals surface area contributed by atoms with Crippen molar-refractivity contribution >= 4 is 27.6 Å². The van der Waals surface area contributed by atoms with Crippen LogP contribution in [0.25, 0.3) is 0 Å². The summed E-state index contributed by atoms with van der Waals surface area (Å²) in [7, 11) is 0. The van der Waals surface area contributed by atoms with Gasteiger partial charge in [-0.25, -0.2) is 9.69 Å². The molecule has 1 unspecified atom stereocenters. The van der Waals surface area contributed by atoms with Gasteiger partial charge in [-0.1, -0.05) is 34.0 Å². The van der Waals surface area contributed by atoms with Crippen LogP contribution in [0.2, 0.25) is 0 Å². The maximum atomic E-state index is 11.6. The van der Waals surface area contributed by atoms with E-state index in [1.165, 1.54) is 0 Å². The molecule has 2 aliphatic heterocycles. The SMILES string of the molecule is CC1C=C2N=NC(=O)N2c2cc(Br)ccc21. The zero-order valence-electron chi connectivity index (χ0n) is 8.51. The van der Waals surface area contributed by atoms with Crippen LogP contribution in [0.15, 0.2) is 44.8 Å². The minimum Gasteiger partial charge on any atom is -0.243 e. The topological polar surface area (TPSA) is 45.0 Å². The molecule has 16 heavy (non-hydrogen) atoms. The number of benzene rings is 1. The van der Waals surface area contributed by atoms with Crippen molar-refractivity contribution in [2.45, 2.75) is 12.8 Å². The smallest absolute Gasteiger partial charge is 0.243 e. The van der Waals surface area contributed by atoms with Crippen LogP contribution >= 0.6 is 15.9 Å². The summed E-state index contributed by atoms with van der Waals surface area (Å²) in [5.41, 5.74) is 1.99. The molecule has 4 nitrogen and oxygen atoms in total. The molecule has 0 spiro atoms. The summed E-state index contributed by atoms with van der Waals surface area (Å²) in [5, 5.41) is 7.44. The number of allylic oxidation sites excluding steroid dienone is 1. The molecule has 0 radical (unpaired) electrons. The molecule has 0 N–H and O–H groups in total. The first-order chi connectivity index (χ1) is 7.66. The van der Waals surface area contributed by atoms with Gasteiger partial charge in [0.1, 0.15) is 0 Å². The van der Waals surface area contributed by atoms with Crippen molar-refractivity contribution in [3.63, 3.8) is 0 Å². The maximum Gasteiger partial charge on any atom is 0.372 e. The third-order valence-electron chi connectivity index (χ3n) is 2.78. The lowest BCUT2D eigenvalue weighted by Gasteiger charge is -2.26. The Bertz CT molecular complexity index is 550.